The Bertz CT molecular complexity index is 984. The molecule has 0 radical (unpaired) electrons. The molecule has 4 heterocycles. The first kappa shape index (κ1) is 14.9. The average molecular weight is 348 g/mol. The third-order valence-electron chi connectivity index (χ3n) is 4.48. The topological polar surface area (TPSA) is 77.7 Å². The van der Waals surface area contributed by atoms with Crippen molar-refractivity contribution in [3.8, 4) is 11.5 Å². The van der Waals surface area contributed by atoms with Gasteiger partial charge in [0.25, 0.3) is 0 Å². The second-order valence-corrected chi connectivity index (χ2v) is 6.18. The van der Waals surface area contributed by atoms with Gasteiger partial charge in [-0.3, -0.25) is 4.68 Å². The smallest absolute Gasteiger partial charge is 0.246 e. The standard InChI is InChI=1S/C18H16N6O2/c1-23-10-13(9-21-23)15-8-14(22-24(15)18-19-5-2-6-20-18)12-3-4-16-17(7-12)26-11-25-16/h2-7,9-10,15H,8,11H2,1H3/t15-/m1/s1. The third-order valence-corrected chi connectivity index (χ3v) is 4.48. The van der Waals surface area contributed by atoms with Gasteiger partial charge in [-0.05, 0) is 24.3 Å². The lowest BCUT2D eigenvalue weighted by Crippen LogP contribution is -2.20. The fraction of sp³-hybridized carbons (Fsp3) is 0.222. The summed E-state index contributed by atoms with van der Waals surface area (Å²) in [5, 5.41) is 11.0. The monoisotopic (exact) mass is 348 g/mol. The van der Waals surface area contributed by atoms with E-state index in [1.165, 1.54) is 0 Å². The van der Waals surface area contributed by atoms with Crippen LogP contribution in [0.5, 0.6) is 11.5 Å². The maximum absolute atomic E-state index is 5.50. The van der Waals surface area contributed by atoms with E-state index in [4.69, 9.17) is 14.6 Å². The number of nitrogens with zero attached hydrogens (tertiary/aromatic N) is 6. The lowest BCUT2D eigenvalue weighted by Gasteiger charge is -2.19. The molecule has 8 heteroatoms. The molecular weight excluding hydrogens is 332 g/mol. The van der Waals surface area contributed by atoms with E-state index in [0.717, 1.165) is 34.8 Å². The summed E-state index contributed by atoms with van der Waals surface area (Å²) < 4.78 is 12.7. The van der Waals surface area contributed by atoms with Gasteiger partial charge < -0.3 is 9.47 Å². The van der Waals surface area contributed by atoms with Crippen molar-refractivity contribution in [1.29, 1.82) is 0 Å². The minimum atomic E-state index is -0.00785. The van der Waals surface area contributed by atoms with Gasteiger partial charge in [-0.15, -0.1) is 0 Å². The Morgan fingerprint density at radius 2 is 1.96 bits per heavy atom. The highest BCUT2D eigenvalue weighted by atomic mass is 16.7. The van der Waals surface area contributed by atoms with Crippen molar-refractivity contribution < 1.29 is 9.47 Å². The molecule has 0 fully saturated rings. The lowest BCUT2D eigenvalue weighted by molar-refractivity contribution is 0.174. The van der Waals surface area contributed by atoms with Gasteiger partial charge >= 0.3 is 0 Å². The van der Waals surface area contributed by atoms with E-state index in [9.17, 15) is 0 Å². The number of hydrogen-bond donors (Lipinski definition) is 0. The fourth-order valence-electron chi connectivity index (χ4n) is 3.23. The molecule has 0 saturated carbocycles. The van der Waals surface area contributed by atoms with Crippen molar-refractivity contribution in [2.75, 3.05) is 11.8 Å². The lowest BCUT2D eigenvalue weighted by atomic mass is 10.0. The second kappa shape index (κ2) is 5.83. The summed E-state index contributed by atoms with van der Waals surface area (Å²) in [6.07, 6.45) is 8.02. The van der Waals surface area contributed by atoms with Crippen LogP contribution in [0, 0.1) is 0 Å². The summed E-state index contributed by atoms with van der Waals surface area (Å²) in [5.74, 6) is 2.08. The number of hydrazone groups is 1. The van der Waals surface area contributed by atoms with Crippen LogP contribution in [0.4, 0.5) is 5.95 Å². The number of aromatic nitrogens is 4. The van der Waals surface area contributed by atoms with Crippen LogP contribution in [0.3, 0.4) is 0 Å². The van der Waals surface area contributed by atoms with Crippen molar-refractivity contribution in [2.24, 2.45) is 12.1 Å². The Balaban J connectivity index is 1.54. The van der Waals surface area contributed by atoms with E-state index in [-0.39, 0.29) is 12.8 Å². The number of hydrogen-bond acceptors (Lipinski definition) is 7. The Morgan fingerprint density at radius 3 is 2.77 bits per heavy atom. The SMILES string of the molecule is Cn1cc([C@H]2CC(c3ccc4c(c3)OCO4)=NN2c2ncccn2)cn1. The maximum Gasteiger partial charge on any atom is 0.246 e. The number of fused-ring (bicyclic) bond motifs is 1. The highest BCUT2D eigenvalue weighted by Crippen LogP contribution is 2.37. The van der Waals surface area contributed by atoms with E-state index < -0.39 is 0 Å². The molecule has 5 rings (SSSR count). The highest BCUT2D eigenvalue weighted by molar-refractivity contribution is 6.03. The molecular formula is C18H16N6O2. The molecule has 8 nitrogen and oxygen atoms in total. The molecule has 26 heavy (non-hydrogen) atoms. The Kier molecular flexibility index (Phi) is 3.34. The Morgan fingerprint density at radius 1 is 1.12 bits per heavy atom. The van der Waals surface area contributed by atoms with E-state index >= 15 is 0 Å². The molecule has 2 aromatic heterocycles. The van der Waals surface area contributed by atoms with Gasteiger partial charge in [0, 0.05) is 43.2 Å². The van der Waals surface area contributed by atoms with Crippen molar-refractivity contribution in [2.45, 2.75) is 12.5 Å². The van der Waals surface area contributed by atoms with Crippen LogP contribution in [0.15, 0.2) is 54.2 Å². The number of rotatable bonds is 3. The second-order valence-electron chi connectivity index (χ2n) is 6.18. The molecule has 2 aliphatic rings. The number of aryl methyl sites for hydroxylation is 1. The molecule has 3 aromatic rings. The average Bonchev–Trinajstić information content (AvgIpc) is 3.40. The summed E-state index contributed by atoms with van der Waals surface area (Å²) >= 11 is 0. The predicted molar refractivity (Wildman–Crippen MR) is 94.2 cm³/mol. The van der Waals surface area contributed by atoms with Gasteiger partial charge in [-0.1, -0.05) is 0 Å². The molecule has 0 N–H and O–H groups in total. The predicted octanol–water partition coefficient (Wildman–Crippen LogP) is 2.29. The first-order valence-corrected chi connectivity index (χ1v) is 8.30. The molecule has 1 aromatic carbocycles. The first-order chi connectivity index (χ1) is 12.8. The molecule has 130 valence electrons. The minimum Gasteiger partial charge on any atom is -0.454 e. The Hall–Kier alpha value is -3.42. The van der Waals surface area contributed by atoms with Gasteiger partial charge in [-0.2, -0.15) is 10.2 Å². The minimum absolute atomic E-state index is 0.00785. The van der Waals surface area contributed by atoms with Gasteiger partial charge in [0.05, 0.1) is 18.0 Å². The molecule has 0 unspecified atom stereocenters. The van der Waals surface area contributed by atoms with Crippen LogP contribution in [-0.2, 0) is 7.05 Å². The number of anilines is 1. The van der Waals surface area contributed by atoms with Gasteiger partial charge in [0.1, 0.15) is 0 Å². The van der Waals surface area contributed by atoms with Crippen molar-refractivity contribution in [3.63, 3.8) is 0 Å². The van der Waals surface area contributed by atoms with E-state index in [1.807, 2.05) is 42.6 Å². The number of ether oxygens (including phenoxy) is 2. The van der Waals surface area contributed by atoms with Crippen LogP contribution >= 0.6 is 0 Å². The maximum atomic E-state index is 5.50. The summed E-state index contributed by atoms with van der Waals surface area (Å²) in [6, 6.07) is 7.67. The van der Waals surface area contributed by atoms with Crippen LogP contribution in [0.1, 0.15) is 23.6 Å². The first-order valence-electron chi connectivity index (χ1n) is 8.30. The van der Waals surface area contributed by atoms with E-state index in [1.54, 1.807) is 23.1 Å². The normalized spacial score (nSPS) is 18.3. The van der Waals surface area contributed by atoms with Crippen molar-refractivity contribution in [1.82, 2.24) is 19.7 Å². The van der Waals surface area contributed by atoms with Gasteiger partial charge in [-0.25, -0.2) is 15.0 Å². The molecule has 0 spiro atoms. The third kappa shape index (κ3) is 2.46. The van der Waals surface area contributed by atoms with E-state index in [0.29, 0.717) is 5.95 Å². The zero-order valence-electron chi connectivity index (χ0n) is 14.1. The molecule has 0 saturated heterocycles. The van der Waals surface area contributed by atoms with Crippen LogP contribution in [0.25, 0.3) is 0 Å². The summed E-state index contributed by atoms with van der Waals surface area (Å²) in [7, 11) is 1.90. The van der Waals surface area contributed by atoms with Crippen molar-refractivity contribution in [3.05, 3.63) is 60.2 Å². The molecule has 0 bridgehead atoms. The summed E-state index contributed by atoms with van der Waals surface area (Å²) in [4.78, 5) is 8.73. The molecule has 1 atom stereocenters. The molecule has 0 aliphatic carbocycles. The largest absolute Gasteiger partial charge is 0.454 e. The summed E-state index contributed by atoms with van der Waals surface area (Å²) in [5.41, 5.74) is 3.02. The number of benzene rings is 1. The molecule has 0 amide bonds. The van der Waals surface area contributed by atoms with Crippen molar-refractivity contribution >= 4 is 11.7 Å². The highest BCUT2D eigenvalue weighted by Gasteiger charge is 2.32. The quantitative estimate of drug-likeness (QED) is 0.723. The zero-order chi connectivity index (χ0) is 17.5. The van der Waals surface area contributed by atoms with Crippen LogP contribution in [0.2, 0.25) is 0 Å². The van der Waals surface area contributed by atoms with Gasteiger partial charge in [0.2, 0.25) is 12.7 Å². The fourth-order valence-corrected chi connectivity index (χ4v) is 3.23. The Labute approximate surface area is 149 Å². The van der Waals surface area contributed by atoms with E-state index in [2.05, 4.69) is 15.1 Å². The van der Waals surface area contributed by atoms with Gasteiger partial charge in [0.15, 0.2) is 11.5 Å². The zero-order valence-corrected chi connectivity index (χ0v) is 14.1. The van der Waals surface area contributed by atoms with Crippen LogP contribution < -0.4 is 14.5 Å². The molecule has 2 aliphatic heterocycles. The summed E-state index contributed by atoms with van der Waals surface area (Å²) in [6.45, 7) is 0.257. The van der Waals surface area contributed by atoms with Crippen LogP contribution in [-0.4, -0.2) is 32.3 Å².